The quantitative estimate of drug-likeness (QED) is 0.754. The summed E-state index contributed by atoms with van der Waals surface area (Å²) >= 11 is 0. The van der Waals surface area contributed by atoms with E-state index in [0.717, 1.165) is 19.0 Å². The second kappa shape index (κ2) is 6.30. The average Bonchev–Trinajstić information content (AvgIpc) is 2.89. The molecule has 1 fully saturated rings. The maximum absolute atomic E-state index is 4.46. The molecule has 1 aromatic heterocycles. The van der Waals surface area contributed by atoms with Crippen molar-refractivity contribution in [2.45, 2.75) is 32.1 Å². The van der Waals surface area contributed by atoms with Crippen molar-refractivity contribution in [3.8, 4) is 0 Å². The van der Waals surface area contributed by atoms with Gasteiger partial charge < -0.3 is 10.6 Å². The molecule has 2 rings (SSSR count). The number of hydrogen-bond acceptors (Lipinski definition) is 3. The molecule has 1 saturated heterocycles. The molecular weight excluding hydrogens is 222 g/mol. The van der Waals surface area contributed by atoms with Crippen LogP contribution in [-0.4, -0.2) is 31.2 Å². The van der Waals surface area contributed by atoms with Crippen LogP contribution >= 0.6 is 0 Å². The fourth-order valence-corrected chi connectivity index (χ4v) is 2.52. The Kier molecular flexibility index (Phi) is 4.72. The van der Waals surface area contributed by atoms with Crippen LogP contribution in [0.2, 0.25) is 0 Å². The largest absolute Gasteiger partial charge is 0.316 e. The number of nitrogens with zero attached hydrogens (tertiary/aromatic N) is 1. The van der Waals surface area contributed by atoms with E-state index in [-0.39, 0.29) is 5.41 Å². The Morgan fingerprint density at radius 3 is 3.00 bits per heavy atom. The molecule has 1 atom stereocenters. The summed E-state index contributed by atoms with van der Waals surface area (Å²) in [5, 5.41) is 7.00. The van der Waals surface area contributed by atoms with E-state index in [1.54, 1.807) is 0 Å². The van der Waals surface area contributed by atoms with E-state index >= 15 is 0 Å². The number of rotatable bonds is 6. The van der Waals surface area contributed by atoms with E-state index in [1.165, 1.54) is 31.6 Å². The lowest BCUT2D eigenvalue weighted by Crippen LogP contribution is -2.34. The van der Waals surface area contributed by atoms with E-state index in [4.69, 9.17) is 0 Å². The predicted molar refractivity (Wildman–Crippen MR) is 75.7 cm³/mol. The molecule has 1 aliphatic heterocycles. The monoisotopic (exact) mass is 247 g/mol. The first-order valence-corrected chi connectivity index (χ1v) is 7.01. The molecule has 0 aromatic carbocycles. The number of nitrogens with one attached hydrogen (secondary N) is 2. The highest BCUT2D eigenvalue weighted by Crippen LogP contribution is 2.19. The molecule has 18 heavy (non-hydrogen) atoms. The van der Waals surface area contributed by atoms with Gasteiger partial charge in [-0.3, -0.25) is 4.98 Å². The van der Waals surface area contributed by atoms with Gasteiger partial charge in [0.05, 0.1) is 0 Å². The smallest absolute Gasteiger partial charge is 0.0472 e. The molecule has 0 radical (unpaired) electrons. The zero-order valence-electron chi connectivity index (χ0n) is 11.6. The summed E-state index contributed by atoms with van der Waals surface area (Å²) in [6.07, 6.45) is 4.50. The van der Waals surface area contributed by atoms with Crippen molar-refractivity contribution in [1.29, 1.82) is 0 Å². The van der Waals surface area contributed by atoms with Gasteiger partial charge in [-0.25, -0.2) is 0 Å². The molecule has 0 bridgehead atoms. The van der Waals surface area contributed by atoms with Gasteiger partial charge in [-0.1, -0.05) is 19.9 Å². The van der Waals surface area contributed by atoms with Crippen molar-refractivity contribution in [1.82, 2.24) is 15.6 Å². The summed E-state index contributed by atoms with van der Waals surface area (Å²) in [5.74, 6) is 0.871. The van der Waals surface area contributed by atoms with Gasteiger partial charge >= 0.3 is 0 Å². The lowest BCUT2D eigenvalue weighted by Gasteiger charge is -2.24. The van der Waals surface area contributed by atoms with Crippen molar-refractivity contribution in [3.05, 3.63) is 30.1 Å². The first kappa shape index (κ1) is 13.5. The van der Waals surface area contributed by atoms with Gasteiger partial charge in [-0.2, -0.15) is 0 Å². The van der Waals surface area contributed by atoms with Crippen LogP contribution in [0.15, 0.2) is 24.4 Å². The van der Waals surface area contributed by atoms with Gasteiger partial charge in [0.1, 0.15) is 0 Å². The van der Waals surface area contributed by atoms with Gasteiger partial charge in [0, 0.05) is 23.9 Å². The highest BCUT2D eigenvalue weighted by molar-refractivity contribution is 5.14. The van der Waals surface area contributed by atoms with Crippen LogP contribution in [0.3, 0.4) is 0 Å². The van der Waals surface area contributed by atoms with E-state index in [2.05, 4.69) is 41.6 Å². The van der Waals surface area contributed by atoms with Gasteiger partial charge in [0.25, 0.3) is 0 Å². The van der Waals surface area contributed by atoms with Gasteiger partial charge in [0.2, 0.25) is 0 Å². The standard InChI is InChI=1S/C15H25N3/c1-15(2,14-5-3-4-8-18-14)12-17-10-7-13-6-9-16-11-13/h3-5,8,13,16-17H,6-7,9-12H2,1-2H3. The summed E-state index contributed by atoms with van der Waals surface area (Å²) in [7, 11) is 0. The van der Waals surface area contributed by atoms with E-state index in [0.29, 0.717) is 0 Å². The first-order chi connectivity index (χ1) is 8.68. The second-order valence-electron chi connectivity index (χ2n) is 5.92. The molecule has 100 valence electrons. The summed E-state index contributed by atoms with van der Waals surface area (Å²) in [6.45, 7) is 9.00. The molecular formula is C15H25N3. The SMILES string of the molecule is CC(C)(CNCCC1CCNC1)c1ccccn1. The summed E-state index contributed by atoms with van der Waals surface area (Å²) in [5.41, 5.74) is 1.27. The Labute approximate surface area is 110 Å². The van der Waals surface area contributed by atoms with Crippen LogP contribution in [-0.2, 0) is 5.41 Å². The molecule has 3 nitrogen and oxygen atoms in total. The summed E-state index contributed by atoms with van der Waals surface area (Å²) < 4.78 is 0. The summed E-state index contributed by atoms with van der Waals surface area (Å²) in [6, 6.07) is 6.15. The molecule has 0 saturated carbocycles. The Hall–Kier alpha value is -0.930. The van der Waals surface area contributed by atoms with Crippen LogP contribution < -0.4 is 10.6 Å². The van der Waals surface area contributed by atoms with Crippen LogP contribution in [0.25, 0.3) is 0 Å². The minimum Gasteiger partial charge on any atom is -0.316 e. The third-order valence-corrected chi connectivity index (χ3v) is 3.82. The lowest BCUT2D eigenvalue weighted by molar-refractivity contribution is 0.430. The van der Waals surface area contributed by atoms with Gasteiger partial charge in [-0.15, -0.1) is 0 Å². The van der Waals surface area contributed by atoms with E-state index in [9.17, 15) is 0 Å². The molecule has 2 N–H and O–H groups in total. The van der Waals surface area contributed by atoms with Gasteiger partial charge in [0.15, 0.2) is 0 Å². The Balaban J connectivity index is 1.71. The van der Waals surface area contributed by atoms with E-state index < -0.39 is 0 Å². The maximum atomic E-state index is 4.46. The molecule has 0 amide bonds. The topological polar surface area (TPSA) is 37.0 Å². The first-order valence-electron chi connectivity index (χ1n) is 7.01. The second-order valence-corrected chi connectivity index (χ2v) is 5.92. The Morgan fingerprint density at radius 2 is 2.33 bits per heavy atom. The Bertz CT molecular complexity index is 342. The highest BCUT2D eigenvalue weighted by atomic mass is 14.9. The van der Waals surface area contributed by atoms with Gasteiger partial charge in [-0.05, 0) is 50.5 Å². The average molecular weight is 247 g/mol. The van der Waals surface area contributed by atoms with E-state index in [1.807, 2.05) is 12.3 Å². The number of aromatic nitrogens is 1. The predicted octanol–water partition coefficient (Wildman–Crippen LogP) is 1.95. The van der Waals surface area contributed by atoms with Crippen LogP contribution in [0.1, 0.15) is 32.4 Å². The van der Waals surface area contributed by atoms with Crippen molar-refractivity contribution in [2.24, 2.45) is 5.92 Å². The summed E-state index contributed by atoms with van der Waals surface area (Å²) in [4.78, 5) is 4.46. The molecule has 1 aromatic rings. The van der Waals surface area contributed by atoms with Crippen LogP contribution in [0.5, 0.6) is 0 Å². The molecule has 3 heteroatoms. The molecule has 0 spiro atoms. The number of hydrogen-bond donors (Lipinski definition) is 2. The molecule has 2 heterocycles. The lowest BCUT2D eigenvalue weighted by atomic mass is 9.88. The fraction of sp³-hybridized carbons (Fsp3) is 0.667. The highest BCUT2D eigenvalue weighted by Gasteiger charge is 2.21. The number of pyridine rings is 1. The third kappa shape index (κ3) is 3.79. The maximum Gasteiger partial charge on any atom is 0.0472 e. The zero-order valence-corrected chi connectivity index (χ0v) is 11.6. The molecule has 1 aliphatic rings. The molecule has 0 aliphatic carbocycles. The minimum absolute atomic E-state index is 0.106. The fourth-order valence-electron chi connectivity index (χ4n) is 2.52. The van der Waals surface area contributed by atoms with Crippen molar-refractivity contribution >= 4 is 0 Å². The van der Waals surface area contributed by atoms with Crippen LogP contribution in [0.4, 0.5) is 0 Å². The van der Waals surface area contributed by atoms with Crippen molar-refractivity contribution in [3.63, 3.8) is 0 Å². The Morgan fingerprint density at radius 1 is 1.44 bits per heavy atom. The van der Waals surface area contributed by atoms with Crippen LogP contribution in [0, 0.1) is 5.92 Å². The van der Waals surface area contributed by atoms with Crippen molar-refractivity contribution < 1.29 is 0 Å². The third-order valence-electron chi connectivity index (χ3n) is 3.82. The van der Waals surface area contributed by atoms with Crippen molar-refractivity contribution in [2.75, 3.05) is 26.2 Å². The zero-order chi connectivity index (χ0) is 12.8. The minimum atomic E-state index is 0.106. The molecule has 1 unspecified atom stereocenters. The normalized spacial score (nSPS) is 20.2.